The van der Waals surface area contributed by atoms with Crippen molar-refractivity contribution in [2.75, 3.05) is 0 Å². The molecule has 0 unspecified atom stereocenters. The Balaban J connectivity index is 1.55. The van der Waals surface area contributed by atoms with Crippen LogP contribution in [0.1, 0.15) is 10.4 Å². The van der Waals surface area contributed by atoms with E-state index in [9.17, 15) is 4.79 Å². The fourth-order valence-corrected chi connectivity index (χ4v) is 2.73. The second-order valence-corrected chi connectivity index (χ2v) is 5.94. The van der Waals surface area contributed by atoms with Crippen molar-refractivity contribution in [1.29, 1.82) is 0 Å². The van der Waals surface area contributed by atoms with Crippen LogP contribution >= 0.6 is 11.3 Å². The minimum Gasteiger partial charge on any atom is -0.334 e. The molecule has 0 aliphatic carbocycles. The van der Waals surface area contributed by atoms with Gasteiger partial charge in [-0.25, -0.2) is 4.79 Å². The van der Waals surface area contributed by atoms with Gasteiger partial charge in [0.2, 0.25) is 0 Å². The first-order valence-corrected chi connectivity index (χ1v) is 8.08. The standard InChI is InChI=1S/C17H16N4OS/c22-17(21-12-15-4-2-8-23-15)20-10-13-5-7-19-16(9-13)14-3-1-6-18-11-14/h1-9,11H,10,12H2,(H2,20,21,22). The Morgan fingerprint density at radius 3 is 2.78 bits per heavy atom. The van der Waals surface area contributed by atoms with Crippen molar-refractivity contribution in [3.63, 3.8) is 0 Å². The first kappa shape index (κ1) is 15.2. The lowest BCUT2D eigenvalue weighted by molar-refractivity contribution is 0.240. The molecule has 3 heterocycles. The number of carbonyl (C=O) groups is 1. The van der Waals surface area contributed by atoms with Gasteiger partial charge in [-0.2, -0.15) is 0 Å². The van der Waals surface area contributed by atoms with Gasteiger partial charge in [0, 0.05) is 35.6 Å². The molecular formula is C17H16N4OS. The lowest BCUT2D eigenvalue weighted by Crippen LogP contribution is -2.34. The zero-order valence-corrected chi connectivity index (χ0v) is 13.2. The van der Waals surface area contributed by atoms with Gasteiger partial charge < -0.3 is 10.6 Å². The molecular weight excluding hydrogens is 308 g/mol. The SMILES string of the molecule is O=C(NCc1ccnc(-c2cccnc2)c1)NCc1cccs1. The highest BCUT2D eigenvalue weighted by Crippen LogP contribution is 2.16. The van der Waals surface area contributed by atoms with Crippen molar-refractivity contribution in [3.05, 3.63) is 70.8 Å². The number of amides is 2. The predicted octanol–water partition coefficient (Wildman–Crippen LogP) is 3.20. The highest BCUT2D eigenvalue weighted by molar-refractivity contribution is 7.09. The molecule has 3 rings (SSSR count). The third-order valence-corrected chi connectivity index (χ3v) is 4.11. The molecule has 0 aliphatic heterocycles. The maximum absolute atomic E-state index is 11.8. The predicted molar refractivity (Wildman–Crippen MR) is 90.9 cm³/mol. The van der Waals surface area contributed by atoms with Crippen LogP contribution in [0.3, 0.4) is 0 Å². The zero-order valence-electron chi connectivity index (χ0n) is 12.4. The van der Waals surface area contributed by atoms with Crippen LogP contribution in [0, 0.1) is 0 Å². The summed E-state index contributed by atoms with van der Waals surface area (Å²) in [7, 11) is 0. The van der Waals surface area contributed by atoms with E-state index in [4.69, 9.17) is 0 Å². The summed E-state index contributed by atoms with van der Waals surface area (Å²) in [4.78, 5) is 21.4. The van der Waals surface area contributed by atoms with E-state index in [-0.39, 0.29) is 6.03 Å². The second-order valence-electron chi connectivity index (χ2n) is 4.91. The number of rotatable bonds is 5. The number of thiophene rings is 1. The quantitative estimate of drug-likeness (QED) is 0.757. The Labute approximate surface area is 138 Å². The lowest BCUT2D eigenvalue weighted by Gasteiger charge is -2.08. The molecule has 0 aromatic carbocycles. The smallest absolute Gasteiger partial charge is 0.315 e. The summed E-state index contributed by atoms with van der Waals surface area (Å²) in [5.41, 5.74) is 2.79. The number of urea groups is 1. The molecule has 2 N–H and O–H groups in total. The van der Waals surface area contributed by atoms with E-state index in [1.807, 2.05) is 41.8 Å². The Morgan fingerprint density at radius 2 is 2.00 bits per heavy atom. The van der Waals surface area contributed by atoms with Crippen LogP contribution in [0.2, 0.25) is 0 Å². The average Bonchev–Trinajstić information content (AvgIpc) is 3.13. The number of hydrogen-bond acceptors (Lipinski definition) is 4. The molecule has 6 heteroatoms. The number of hydrogen-bond donors (Lipinski definition) is 2. The van der Waals surface area contributed by atoms with Gasteiger partial charge in [0.05, 0.1) is 12.2 Å². The first-order chi connectivity index (χ1) is 11.3. The molecule has 0 saturated heterocycles. The lowest BCUT2D eigenvalue weighted by atomic mass is 10.1. The normalized spacial score (nSPS) is 10.3. The molecule has 3 aromatic rings. The summed E-state index contributed by atoms with van der Waals surface area (Å²) in [5, 5.41) is 7.68. The molecule has 23 heavy (non-hydrogen) atoms. The molecule has 0 atom stereocenters. The minimum atomic E-state index is -0.182. The van der Waals surface area contributed by atoms with E-state index >= 15 is 0 Å². The van der Waals surface area contributed by atoms with Crippen LogP contribution in [-0.2, 0) is 13.1 Å². The number of nitrogens with zero attached hydrogens (tertiary/aromatic N) is 2. The number of carbonyl (C=O) groups excluding carboxylic acids is 1. The number of pyridine rings is 2. The summed E-state index contributed by atoms with van der Waals surface area (Å²) in [5.74, 6) is 0. The third-order valence-electron chi connectivity index (χ3n) is 3.24. The fraction of sp³-hybridized carbons (Fsp3) is 0.118. The fourth-order valence-electron chi connectivity index (χ4n) is 2.08. The summed E-state index contributed by atoms with van der Waals surface area (Å²) < 4.78 is 0. The van der Waals surface area contributed by atoms with Gasteiger partial charge in [-0.15, -0.1) is 11.3 Å². The van der Waals surface area contributed by atoms with Gasteiger partial charge >= 0.3 is 6.03 Å². The molecule has 0 radical (unpaired) electrons. The van der Waals surface area contributed by atoms with Gasteiger partial charge in [0.25, 0.3) is 0 Å². The van der Waals surface area contributed by atoms with Crippen molar-refractivity contribution in [2.24, 2.45) is 0 Å². The van der Waals surface area contributed by atoms with Crippen molar-refractivity contribution in [2.45, 2.75) is 13.1 Å². The molecule has 0 spiro atoms. The molecule has 0 fully saturated rings. The highest BCUT2D eigenvalue weighted by Gasteiger charge is 2.04. The molecule has 3 aromatic heterocycles. The van der Waals surface area contributed by atoms with Crippen molar-refractivity contribution >= 4 is 17.4 Å². The van der Waals surface area contributed by atoms with Gasteiger partial charge in [-0.3, -0.25) is 9.97 Å². The Bertz CT molecular complexity index is 759. The van der Waals surface area contributed by atoms with E-state index in [2.05, 4.69) is 20.6 Å². The van der Waals surface area contributed by atoms with Gasteiger partial charge in [-0.1, -0.05) is 6.07 Å². The molecule has 116 valence electrons. The highest BCUT2D eigenvalue weighted by atomic mass is 32.1. The third kappa shape index (κ3) is 4.37. The summed E-state index contributed by atoms with van der Waals surface area (Å²) in [6, 6.07) is 11.5. The van der Waals surface area contributed by atoms with Crippen LogP contribution < -0.4 is 10.6 Å². The number of nitrogens with one attached hydrogen (secondary N) is 2. The molecule has 0 saturated carbocycles. The Kier molecular flexibility index (Phi) is 4.95. The van der Waals surface area contributed by atoms with Crippen molar-refractivity contribution < 1.29 is 4.79 Å². The van der Waals surface area contributed by atoms with E-state index in [0.717, 1.165) is 21.7 Å². The monoisotopic (exact) mass is 324 g/mol. The first-order valence-electron chi connectivity index (χ1n) is 7.21. The van der Waals surface area contributed by atoms with Gasteiger partial charge in [0.15, 0.2) is 0 Å². The van der Waals surface area contributed by atoms with E-state index in [0.29, 0.717) is 13.1 Å². The van der Waals surface area contributed by atoms with Crippen molar-refractivity contribution in [3.8, 4) is 11.3 Å². The second kappa shape index (κ2) is 7.51. The molecule has 5 nitrogen and oxygen atoms in total. The van der Waals surface area contributed by atoms with Gasteiger partial charge in [-0.05, 0) is 41.3 Å². The summed E-state index contributed by atoms with van der Waals surface area (Å²) in [6.07, 6.45) is 5.24. The van der Waals surface area contributed by atoms with Crippen LogP contribution in [0.15, 0.2) is 60.4 Å². The summed E-state index contributed by atoms with van der Waals surface area (Å²) in [6.45, 7) is 0.993. The zero-order chi connectivity index (χ0) is 15.9. The number of aromatic nitrogens is 2. The van der Waals surface area contributed by atoms with Crippen LogP contribution in [0.5, 0.6) is 0 Å². The van der Waals surface area contributed by atoms with E-state index < -0.39 is 0 Å². The molecule has 2 amide bonds. The van der Waals surface area contributed by atoms with E-state index in [1.165, 1.54) is 0 Å². The maximum Gasteiger partial charge on any atom is 0.315 e. The Morgan fingerprint density at radius 1 is 1.09 bits per heavy atom. The molecule has 0 bridgehead atoms. The topological polar surface area (TPSA) is 66.9 Å². The average molecular weight is 324 g/mol. The molecule has 0 aliphatic rings. The maximum atomic E-state index is 11.8. The van der Waals surface area contributed by atoms with Crippen LogP contribution in [0.25, 0.3) is 11.3 Å². The van der Waals surface area contributed by atoms with E-state index in [1.54, 1.807) is 29.9 Å². The minimum absolute atomic E-state index is 0.182. The summed E-state index contributed by atoms with van der Waals surface area (Å²) >= 11 is 1.62. The van der Waals surface area contributed by atoms with Crippen LogP contribution in [-0.4, -0.2) is 16.0 Å². The largest absolute Gasteiger partial charge is 0.334 e. The van der Waals surface area contributed by atoms with Gasteiger partial charge in [0.1, 0.15) is 0 Å². The van der Waals surface area contributed by atoms with Crippen molar-refractivity contribution in [1.82, 2.24) is 20.6 Å². The Hall–Kier alpha value is -2.73. The van der Waals surface area contributed by atoms with Crippen LogP contribution in [0.4, 0.5) is 4.79 Å².